The predicted octanol–water partition coefficient (Wildman–Crippen LogP) is 2.85. The maximum atomic E-state index is 10.9. The van der Waals surface area contributed by atoms with Crippen LogP contribution in [0.25, 0.3) is 11.5 Å². The number of carboxylic acids is 1. The summed E-state index contributed by atoms with van der Waals surface area (Å²) in [5, 5.41) is 9.01. The standard InChI is InChI=1S/C10H8ClNO4/c1-2-6-7(10(13)14)16-9(12-6)5-3-4-15-8(5)11/h3-4H,2H2,1H3,(H,13,14). The molecule has 16 heavy (non-hydrogen) atoms. The van der Waals surface area contributed by atoms with Crippen LogP contribution in [0, 0.1) is 0 Å². The van der Waals surface area contributed by atoms with E-state index in [-0.39, 0.29) is 16.9 Å². The summed E-state index contributed by atoms with van der Waals surface area (Å²) in [6, 6.07) is 1.57. The van der Waals surface area contributed by atoms with E-state index in [9.17, 15) is 4.79 Å². The minimum Gasteiger partial charge on any atom is -0.475 e. The van der Waals surface area contributed by atoms with E-state index in [1.165, 1.54) is 6.26 Å². The molecule has 0 aromatic carbocycles. The largest absolute Gasteiger partial charge is 0.475 e. The third-order valence-electron chi connectivity index (χ3n) is 2.07. The zero-order valence-electron chi connectivity index (χ0n) is 8.36. The smallest absolute Gasteiger partial charge is 0.373 e. The number of aromatic carboxylic acids is 1. The number of halogens is 1. The molecule has 2 heterocycles. The Morgan fingerprint density at radius 2 is 2.38 bits per heavy atom. The molecular formula is C10H8ClNO4. The van der Waals surface area contributed by atoms with Crippen LogP contribution in [0.2, 0.25) is 5.22 Å². The summed E-state index contributed by atoms with van der Waals surface area (Å²) in [4.78, 5) is 14.9. The third-order valence-corrected chi connectivity index (χ3v) is 2.37. The molecule has 0 radical (unpaired) electrons. The Kier molecular flexibility index (Phi) is 2.70. The molecule has 0 fully saturated rings. The van der Waals surface area contributed by atoms with E-state index < -0.39 is 5.97 Å². The summed E-state index contributed by atoms with van der Waals surface area (Å²) in [5.74, 6) is -1.14. The van der Waals surface area contributed by atoms with Gasteiger partial charge in [0.05, 0.1) is 17.5 Å². The first-order valence-corrected chi connectivity index (χ1v) is 4.97. The number of nitrogens with zero attached hydrogens (tertiary/aromatic N) is 1. The van der Waals surface area contributed by atoms with Gasteiger partial charge in [-0.25, -0.2) is 9.78 Å². The molecule has 2 aromatic rings. The zero-order chi connectivity index (χ0) is 11.7. The second-order valence-corrected chi connectivity index (χ2v) is 3.40. The maximum Gasteiger partial charge on any atom is 0.373 e. The molecule has 0 amide bonds. The van der Waals surface area contributed by atoms with Gasteiger partial charge in [0.1, 0.15) is 0 Å². The van der Waals surface area contributed by atoms with Gasteiger partial charge in [0.15, 0.2) is 0 Å². The zero-order valence-corrected chi connectivity index (χ0v) is 9.11. The van der Waals surface area contributed by atoms with Gasteiger partial charge in [0.2, 0.25) is 16.9 Å². The van der Waals surface area contributed by atoms with Crippen molar-refractivity contribution in [3.05, 3.63) is 29.0 Å². The number of aryl methyl sites for hydroxylation is 1. The molecule has 5 nitrogen and oxygen atoms in total. The number of rotatable bonds is 3. The van der Waals surface area contributed by atoms with Gasteiger partial charge in [0, 0.05) is 0 Å². The number of oxazole rings is 1. The monoisotopic (exact) mass is 241 g/mol. The average Bonchev–Trinajstić information content (AvgIpc) is 2.82. The second-order valence-electron chi connectivity index (χ2n) is 3.06. The fraction of sp³-hybridized carbons (Fsp3) is 0.200. The highest BCUT2D eigenvalue weighted by Gasteiger charge is 2.21. The van der Waals surface area contributed by atoms with E-state index >= 15 is 0 Å². The highest BCUT2D eigenvalue weighted by Crippen LogP contribution is 2.29. The predicted molar refractivity (Wildman–Crippen MR) is 55.6 cm³/mol. The van der Waals surface area contributed by atoms with Crippen LogP contribution in [0.1, 0.15) is 23.2 Å². The lowest BCUT2D eigenvalue weighted by Gasteiger charge is -1.88. The van der Waals surface area contributed by atoms with Gasteiger partial charge in [-0.3, -0.25) is 0 Å². The van der Waals surface area contributed by atoms with Crippen molar-refractivity contribution < 1.29 is 18.7 Å². The molecular weight excluding hydrogens is 234 g/mol. The van der Waals surface area contributed by atoms with Crippen molar-refractivity contribution in [1.82, 2.24) is 4.98 Å². The second kappa shape index (κ2) is 4.02. The Morgan fingerprint density at radius 3 is 2.81 bits per heavy atom. The first kappa shape index (κ1) is 10.8. The average molecular weight is 242 g/mol. The molecule has 0 atom stereocenters. The van der Waals surface area contributed by atoms with Crippen LogP contribution < -0.4 is 0 Å². The van der Waals surface area contributed by atoms with Crippen LogP contribution in [0.4, 0.5) is 0 Å². The number of hydrogen-bond donors (Lipinski definition) is 1. The molecule has 2 aromatic heterocycles. The first-order chi connectivity index (χ1) is 7.63. The molecule has 0 aliphatic rings. The Bertz CT molecular complexity index is 529. The van der Waals surface area contributed by atoms with E-state index in [1.54, 1.807) is 13.0 Å². The molecule has 6 heteroatoms. The van der Waals surface area contributed by atoms with Crippen molar-refractivity contribution in [2.75, 3.05) is 0 Å². The fourth-order valence-corrected chi connectivity index (χ4v) is 1.52. The lowest BCUT2D eigenvalue weighted by molar-refractivity contribution is 0.0662. The SMILES string of the molecule is CCc1nc(-c2ccoc2Cl)oc1C(=O)O. The summed E-state index contributed by atoms with van der Waals surface area (Å²) in [7, 11) is 0. The Hall–Kier alpha value is -1.75. The van der Waals surface area contributed by atoms with E-state index in [4.69, 9.17) is 25.5 Å². The van der Waals surface area contributed by atoms with Crippen molar-refractivity contribution in [2.45, 2.75) is 13.3 Å². The van der Waals surface area contributed by atoms with Crippen molar-refractivity contribution in [3.8, 4) is 11.5 Å². The van der Waals surface area contributed by atoms with Crippen LogP contribution in [0.3, 0.4) is 0 Å². The molecule has 0 unspecified atom stereocenters. The van der Waals surface area contributed by atoms with Crippen molar-refractivity contribution in [1.29, 1.82) is 0 Å². The van der Waals surface area contributed by atoms with Crippen molar-refractivity contribution in [3.63, 3.8) is 0 Å². The highest BCUT2D eigenvalue weighted by molar-refractivity contribution is 6.31. The summed E-state index contributed by atoms with van der Waals surface area (Å²) in [6.45, 7) is 1.80. The Labute approximate surface area is 95.7 Å². The van der Waals surface area contributed by atoms with Crippen molar-refractivity contribution >= 4 is 17.6 Å². The summed E-state index contributed by atoms with van der Waals surface area (Å²) in [6.07, 6.45) is 1.86. The lowest BCUT2D eigenvalue weighted by Crippen LogP contribution is -1.98. The van der Waals surface area contributed by atoms with Gasteiger partial charge < -0.3 is 13.9 Å². The van der Waals surface area contributed by atoms with Gasteiger partial charge in [-0.15, -0.1) is 0 Å². The molecule has 0 bridgehead atoms. The molecule has 0 aliphatic heterocycles. The number of hydrogen-bond acceptors (Lipinski definition) is 4. The van der Waals surface area contributed by atoms with Gasteiger partial charge >= 0.3 is 5.97 Å². The van der Waals surface area contributed by atoms with Crippen LogP contribution in [-0.2, 0) is 6.42 Å². The maximum absolute atomic E-state index is 10.9. The molecule has 1 N–H and O–H groups in total. The molecule has 0 spiro atoms. The van der Waals surface area contributed by atoms with E-state index in [0.717, 1.165) is 0 Å². The van der Waals surface area contributed by atoms with Crippen LogP contribution in [0.5, 0.6) is 0 Å². The van der Waals surface area contributed by atoms with E-state index in [0.29, 0.717) is 17.7 Å². The van der Waals surface area contributed by atoms with Gasteiger partial charge in [-0.2, -0.15) is 0 Å². The van der Waals surface area contributed by atoms with Gasteiger partial charge in [-0.05, 0) is 24.1 Å². The normalized spacial score (nSPS) is 10.6. The van der Waals surface area contributed by atoms with Crippen LogP contribution >= 0.6 is 11.6 Å². The Balaban J connectivity index is 2.52. The third kappa shape index (κ3) is 1.69. The van der Waals surface area contributed by atoms with Gasteiger partial charge in [-0.1, -0.05) is 6.92 Å². The number of carboxylic acid groups (broad SMARTS) is 1. The first-order valence-electron chi connectivity index (χ1n) is 4.59. The molecule has 84 valence electrons. The Morgan fingerprint density at radius 1 is 1.62 bits per heavy atom. The van der Waals surface area contributed by atoms with E-state index in [1.807, 2.05) is 0 Å². The van der Waals surface area contributed by atoms with Crippen LogP contribution in [0.15, 0.2) is 21.2 Å². The minimum atomic E-state index is -1.14. The molecule has 0 saturated carbocycles. The molecule has 2 rings (SSSR count). The number of carbonyl (C=O) groups is 1. The van der Waals surface area contributed by atoms with Crippen LogP contribution in [-0.4, -0.2) is 16.1 Å². The number of aromatic nitrogens is 1. The quantitative estimate of drug-likeness (QED) is 0.894. The lowest BCUT2D eigenvalue weighted by atomic mass is 10.3. The minimum absolute atomic E-state index is 0.126. The molecule has 0 aliphatic carbocycles. The topological polar surface area (TPSA) is 76.5 Å². The summed E-state index contributed by atoms with van der Waals surface area (Å²) >= 11 is 5.74. The molecule has 0 saturated heterocycles. The fourth-order valence-electron chi connectivity index (χ4n) is 1.32. The highest BCUT2D eigenvalue weighted by atomic mass is 35.5. The van der Waals surface area contributed by atoms with E-state index in [2.05, 4.69) is 4.98 Å². The van der Waals surface area contributed by atoms with Gasteiger partial charge in [0.25, 0.3) is 0 Å². The van der Waals surface area contributed by atoms with Crippen molar-refractivity contribution in [2.24, 2.45) is 0 Å². The summed E-state index contributed by atoms with van der Waals surface area (Å²) in [5.41, 5.74) is 0.837. The summed E-state index contributed by atoms with van der Waals surface area (Å²) < 4.78 is 10.0. The number of furan rings is 1.